The number of benzene rings is 2. The molecule has 0 spiro atoms. The summed E-state index contributed by atoms with van der Waals surface area (Å²) in [4.78, 5) is 12.4. The summed E-state index contributed by atoms with van der Waals surface area (Å²) in [5.74, 6) is -0.473. The van der Waals surface area contributed by atoms with Crippen LogP contribution in [0.4, 0.5) is 0 Å². The molecule has 1 aliphatic rings. The predicted octanol–water partition coefficient (Wildman–Crippen LogP) is 2.59. The van der Waals surface area contributed by atoms with Gasteiger partial charge in [0.1, 0.15) is 4.90 Å². The summed E-state index contributed by atoms with van der Waals surface area (Å²) >= 11 is 6.09. The van der Waals surface area contributed by atoms with E-state index < -0.39 is 22.0 Å². The number of carbonyl (C=O) groups excluding carboxylic acids is 1. The molecule has 0 unspecified atom stereocenters. The van der Waals surface area contributed by atoms with Gasteiger partial charge < -0.3 is 10.4 Å². The molecule has 2 aromatic carbocycles. The smallest absolute Gasteiger partial charge is 0.251 e. The van der Waals surface area contributed by atoms with Crippen LogP contribution in [0.15, 0.2) is 53.4 Å². The summed E-state index contributed by atoms with van der Waals surface area (Å²) in [5.41, 5.74) is 0.864. The first-order chi connectivity index (χ1) is 12.9. The molecule has 2 N–H and O–H groups in total. The maximum Gasteiger partial charge on any atom is 0.251 e. The molecule has 8 heteroatoms. The number of nitrogens with zero attached hydrogens (tertiary/aromatic N) is 1. The number of carbonyl (C=O) groups is 1. The molecule has 6 nitrogen and oxygen atoms in total. The van der Waals surface area contributed by atoms with Crippen LogP contribution in [0.25, 0.3) is 0 Å². The largest absolute Gasteiger partial charge is 0.387 e. The van der Waals surface area contributed by atoms with Crippen LogP contribution in [-0.2, 0) is 10.0 Å². The minimum Gasteiger partial charge on any atom is -0.387 e. The van der Waals surface area contributed by atoms with E-state index >= 15 is 0 Å². The van der Waals surface area contributed by atoms with Gasteiger partial charge in [-0.3, -0.25) is 4.79 Å². The van der Waals surface area contributed by atoms with E-state index in [4.69, 9.17) is 11.6 Å². The van der Waals surface area contributed by atoms with Gasteiger partial charge in [-0.25, -0.2) is 8.42 Å². The van der Waals surface area contributed by atoms with Gasteiger partial charge >= 0.3 is 0 Å². The molecule has 27 heavy (non-hydrogen) atoms. The molecule has 0 radical (unpaired) electrons. The van der Waals surface area contributed by atoms with Crippen molar-refractivity contribution < 1.29 is 18.3 Å². The number of aliphatic hydroxyl groups is 1. The van der Waals surface area contributed by atoms with Crippen molar-refractivity contribution in [2.75, 3.05) is 19.6 Å². The normalized spacial score (nSPS) is 16.2. The Labute approximate surface area is 163 Å². The number of halogens is 1. The fraction of sp³-hybridized carbons (Fsp3) is 0.316. The summed E-state index contributed by atoms with van der Waals surface area (Å²) in [6.45, 7) is 0.927. The predicted molar refractivity (Wildman–Crippen MR) is 103 cm³/mol. The molecule has 1 heterocycles. The molecular weight excluding hydrogens is 388 g/mol. The number of sulfonamides is 1. The van der Waals surface area contributed by atoms with Gasteiger partial charge in [0.05, 0.1) is 11.1 Å². The Hall–Kier alpha value is -1.93. The Bertz CT molecular complexity index is 913. The zero-order valence-corrected chi connectivity index (χ0v) is 16.2. The van der Waals surface area contributed by atoms with E-state index in [0.29, 0.717) is 18.7 Å². The molecule has 2 aromatic rings. The van der Waals surface area contributed by atoms with Crippen LogP contribution in [0.2, 0.25) is 5.02 Å². The van der Waals surface area contributed by atoms with Crippen molar-refractivity contribution in [2.45, 2.75) is 23.8 Å². The molecule has 144 valence electrons. The topological polar surface area (TPSA) is 86.7 Å². The van der Waals surface area contributed by atoms with Gasteiger partial charge in [0, 0.05) is 25.2 Å². The van der Waals surface area contributed by atoms with E-state index in [1.165, 1.54) is 22.5 Å². The Morgan fingerprint density at radius 3 is 2.48 bits per heavy atom. The molecule has 1 aliphatic heterocycles. The molecule has 1 atom stereocenters. The third-order valence-corrected chi connectivity index (χ3v) is 6.90. The highest BCUT2D eigenvalue weighted by atomic mass is 35.5. The van der Waals surface area contributed by atoms with E-state index in [9.17, 15) is 18.3 Å². The fourth-order valence-electron chi connectivity index (χ4n) is 2.99. The van der Waals surface area contributed by atoms with E-state index in [-0.39, 0.29) is 22.0 Å². The van der Waals surface area contributed by atoms with Crippen molar-refractivity contribution in [1.29, 1.82) is 0 Å². The van der Waals surface area contributed by atoms with Crippen LogP contribution in [0.1, 0.15) is 34.9 Å². The van der Waals surface area contributed by atoms with Crippen LogP contribution in [0.5, 0.6) is 0 Å². The molecule has 1 amide bonds. The minimum absolute atomic E-state index is 0.0136. The molecule has 3 rings (SSSR count). The van der Waals surface area contributed by atoms with Gasteiger partial charge in [0.2, 0.25) is 10.0 Å². The minimum atomic E-state index is -3.73. The maximum absolute atomic E-state index is 12.8. The van der Waals surface area contributed by atoms with Crippen molar-refractivity contribution in [2.24, 2.45) is 0 Å². The average molecular weight is 409 g/mol. The monoisotopic (exact) mass is 408 g/mol. The first kappa shape index (κ1) is 19.8. The van der Waals surface area contributed by atoms with Crippen molar-refractivity contribution in [1.82, 2.24) is 9.62 Å². The highest BCUT2D eigenvalue weighted by Gasteiger charge is 2.29. The lowest BCUT2D eigenvalue weighted by molar-refractivity contribution is 0.0916. The van der Waals surface area contributed by atoms with E-state index in [1.54, 1.807) is 24.3 Å². The SMILES string of the molecule is O=C(NC[C@H](O)c1ccccc1)c1ccc(Cl)c(S(=O)(=O)N2CCCC2)c1. The third kappa shape index (κ3) is 4.50. The van der Waals surface area contributed by atoms with Gasteiger partial charge in [-0.05, 0) is 36.6 Å². The third-order valence-electron chi connectivity index (χ3n) is 4.52. The van der Waals surface area contributed by atoms with Crippen LogP contribution in [0.3, 0.4) is 0 Å². The lowest BCUT2D eigenvalue weighted by Gasteiger charge is -2.17. The molecular formula is C19H21ClN2O4S. The molecule has 1 saturated heterocycles. The lowest BCUT2D eigenvalue weighted by Crippen LogP contribution is -2.30. The highest BCUT2D eigenvalue weighted by Crippen LogP contribution is 2.28. The van der Waals surface area contributed by atoms with Crippen LogP contribution in [-0.4, -0.2) is 43.4 Å². The summed E-state index contributed by atoms with van der Waals surface area (Å²) in [6, 6.07) is 13.1. The Balaban J connectivity index is 1.74. The average Bonchev–Trinajstić information content (AvgIpc) is 3.22. The standard InChI is InChI=1S/C19H21ClN2O4S/c20-16-9-8-15(12-18(16)27(25,26)22-10-4-5-11-22)19(24)21-13-17(23)14-6-2-1-3-7-14/h1-3,6-9,12,17,23H,4-5,10-11,13H2,(H,21,24)/t17-/m0/s1. The summed E-state index contributed by atoms with van der Waals surface area (Å²) < 4.78 is 26.9. The molecule has 0 bridgehead atoms. The fourth-order valence-corrected chi connectivity index (χ4v) is 5.01. The second-order valence-corrected chi connectivity index (χ2v) is 8.71. The number of hydrogen-bond donors (Lipinski definition) is 2. The van der Waals surface area contributed by atoms with Crippen molar-refractivity contribution in [3.8, 4) is 0 Å². The molecule has 0 aliphatic carbocycles. The van der Waals surface area contributed by atoms with Crippen molar-refractivity contribution in [3.63, 3.8) is 0 Å². The Morgan fingerprint density at radius 2 is 1.81 bits per heavy atom. The zero-order chi connectivity index (χ0) is 19.4. The van der Waals surface area contributed by atoms with Crippen LogP contribution >= 0.6 is 11.6 Å². The summed E-state index contributed by atoms with van der Waals surface area (Å²) in [6.07, 6.45) is 0.776. The van der Waals surface area contributed by atoms with E-state index in [1.807, 2.05) is 6.07 Å². The quantitative estimate of drug-likeness (QED) is 0.769. The van der Waals surface area contributed by atoms with Gasteiger partial charge in [-0.15, -0.1) is 0 Å². The Kier molecular flexibility index (Phi) is 6.16. The van der Waals surface area contributed by atoms with E-state index in [0.717, 1.165) is 12.8 Å². The number of nitrogens with one attached hydrogen (secondary N) is 1. The molecule has 0 saturated carbocycles. The second kappa shape index (κ2) is 8.39. The number of aliphatic hydroxyl groups excluding tert-OH is 1. The highest BCUT2D eigenvalue weighted by molar-refractivity contribution is 7.89. The van der Waals surface area contributed by atoms with Crippen molar-refractivity contribution in [3.05, 3.63) is 64.7 Å². The van der Waals surface area contributed by atoms with Crippen LogP contribution < -0.4 is 5.32 Å². The van der Waals surface area contributed by atoms with Gasteiger partial charge in [-0.1, -0.05) is 41.9 Å². The summed E-state index contributed by atoms with van der Waals surface area (Å²) in [5, 5.41) is 12.9. The first-order valence-electron chi connectivity index (χ1n) is 8.70. The molecule has 0 aromatic heterocycles. The van der Waals surface area contributed by atoms with Crippen LogP contribution in [0, 0.1) is 0 Å². The Morgan fingerprint density at radius 1 is 1.15 bits per heavy atom. The maximum atomic E-state index is 12.8. The lowest BCUT2D eigenvalue weighted by atomic mass is 10.1. The second-order valence-electron chi connectivity index (χ2n) is 6.39. The number of hydrogen-bond acceptors (Lipinski definition) is 4. The van der Waals surface area contributed by atoms with Gasteiger partial charge in [-0.2, -0.15) is 4.31 Å². The van der Waals surface area contributed by atoms with Gasteiger partial charge in [0.25, 0.3) is 5.91 Å². The summed E-state index contributed by atoms with van der Waals surface area (Å²) in [7, 11) is -3.73. The zero-order valence-electron chi connectivity index (χ0n) is 14.6. The first-order valence-corrected chi connectivity index (χ1v) is 10.5. The molecule has 1 fully saturated rings. The number of amides is 1. The number of rotatable bonds is 6. The van der Waals surface area contributed by atoms with E-state index in [2.05, 4.69) is 5.32 Å². The van der Waals surface area contributed by atoms with Crippen molar-refractivity contribution >= 4 is 27.5 Å². The van der Waals surface area contributed by atoms with Gasteiger partial charge in [0.15, 0.2) is 0 Å².